The van der Waals surface area contributed by atoms with Crippen LogP contribution in [0, 0.1) is 0 Å². The summed E-state index contributed by atoms with van der Waals surface area (Å²) < 4.78 is 32.1. The van der Waals surface area contributed by atoms with Gasteiger partial charge in [-0.15, -0.1) is 0 Å². The SMILES string of the molecule is CCCCCCCC(CCCCCC)NC(=O)c1ccc(OS(C)(=O)=O)o1. The van der Waals surface area contributed by atoms with Gasteiger partial charge in [0.25, 0.3) is 5.91 Å². The van der Waals surface area contributed by atoms with Crippen LogP contribution in [0.25, 0.3) is 0 Å². The van der Waals surface area contributed by atoms with Crippen molar-refractivity contribution < 1.29 is 21.8 Å². The summed E-state index contributed by atoms with van der Waals surface area (Å²) in [5.74, 6) is -0.452. The van der Waals surface area contributed by atoms with Gasteiger partial charge in [0, 0.05) is 12.1 Å². The lowest BCUT2D eigenvalue weighted by Gasteiger charge is -2.18. The van der Waals surface area contributed by atoms with Crippen LogP contribution in [-0.2, 0) is 10.1 Å². The summed E-state index contributed by atoms with van der Waals surface area (Å²) in [6, 6.07) is 2.89. The van der Waals surface area contributed by atoms with Gasteiger partial charge in [-0.05, 0) is 18.9 Å². The summed E-state index contributed by atoms with van der Waals surface area (Å²) in [6.45, 7) is 4.38. The first-order chi connectivity index (χ1) is 12.9. The van der Waals surface area contributed by atoms with E-state index in [0.717, 1.165) is 31.9 Å². The molecule has 1 aromatic rings. The summed E-state index contributed by atoms with van der Waals surface area (Å²) >= 11 is 0. The van der Waals surface area contributed by atoms with Crippen LogP contribution in [0.5, 0.6) is 5.95 Å². The van der Waals surface area contributed by atoms with E-state index in [1.807, 2.05) is 0 Å². The molecule has 0 fully saturated rings. The number of rotatable bonds is 15. The second-order valence-corrected chi connectivity index (χ2v) is 8.70. The molecule has 1 unspecified atom stereocenters. The van der Waals surface area contributed by atoms with Gasteiger partial charge in [-0.2, -0.15) is 8.42 Å². The Morgan fingerprint density at radius 3 is 2.11 bits per heavy atom. The third kappa shape index (κ3) is 11.1. The molecule has 1 heterocycles. The molecule has 0 spiro atoms. The van der Waals surface area contributed by atoms with E-state index in [4.69, 9.17) is 4.42 Å². The summed E-state index contributed by atoms with van der Waals surface area (Å²) in [5, 5.41) is 3.04. The van der Waals surface area contributed by atoms with Crippen molar-refractivity contribution in [2.45, 2.75) is 90.5 Å². The quantitative estimate of drug-likeness (QED) is 0.328. The minimum Gasteiger partial charge on any atom is -0.420 e. The predicted octanol–water partition coefficient (Wildman–Crippen LogP) is 5.05. The van der Waals surface area contributed by atoms with E-state index in [1.165, 1.54) is 57.1 Å². The molecule has 7 heteroatoms. The Morgan fingerprint density at radius 2 is 1.56 bits per heavy atom. The number of nitrogens with one attached hydrogen (secondary N) is 1. The number of amides is 1. The summed E-state index contributed by atoms with van der Waals surface area (Å²) in [6.07, 6.45) is 13.5. The molecule has 27 heavy (non-hydrogen) atoms. The Labute approximate surface area is 164 Å². The molecule has 1 amide bonds. The normalized spacial score (nSPS) is 12.7. The van der Waals surface area contributed by atoms with Gasteiger partial charge >= 0.3 is 16.1 Å². The Kier molecular flexibility index (Phi) is 11.2. The molecule has 1 rings (SSSR count). The van der Waals surface area contributed by atoms with Gasteiger partial charge < -0.3 is 13.9 Å². The van der Waals surface area contributed by atoms with Crippen molar-refractivity contribution in [1.82, 2.24) is 5.32 Å². The van der Waals surface area contributed by atoms with Crippen molar-refractivity contribution in [2.75, 3.05) is 6.26 Å². The molecule has 1 N–H and O–H groups in total. The zero-order valence-electron chi connectivity index (χ0n) is 17.0. The highest BCUT2D eigenvalue weighted by Gasteiger charge is 2.18. The Morgan fingerprint density at radius 1 is 1.00 bits per heavy atom. The van der Waals surface area contributed by atoms with Crippen LogP contribution >= 0.6 is 0 Å². The number of furan rings is 1. The highest BCUT2D eigenvalue weighted by molar-refractivity contribution is 7.86. The first kappa shape index (κ1) is 23.5. The fourth-order valence-corrected chi connectivity index (χ4v) is 3.38. The number of carbonyl (C=O) groups is 1. The first-order valence-corrected chi connectivity index (χ1v) is 12.0. The average Bonchev–Trinajstić information content (AvgIpc) is 3.04. The molecule has 0 saturated carbocycles. The van der Waals surface area contributed by atoms with Gasteiger partial charge in [0.1, 0.15) is 0 Å². The Balaban J connectivity index is 2.56. The summed E-state index contributed by atoms with van der Waals surface area (Å²) in [4.78, 5) is 12.4. The van der Waals surface area contributed by atoms with Gasteiger partial charge in [0.2, 0.25) is 0 Å². The van der Waals surface area contributed by atoms with E-state index in [2.05, 4.69) is 23.3 Å². The minimum atomic E-state index is -3.68. The van der Waals surface area contributed by atoms with Gasteiger partial charge in [-0.25, -0.2) is 0 Å². The Hall–Kier alpha value is -1.50. The standard InChI is InChI=1S/C20H35NO5S/c1-4-6-8-10-12-14-17(13-11-9-7-5-2)21-20(22)18-15-16-19(25-18)26-27(3,23)24/h15-17H,4-14H2,1-3H3,(H,21,22). The Bertz CT molecular complexity index is 639. The lowest BCUT2D eigenvalue weighted by molar-refractivity contribution is 0.0899. The number of carbonyl (C=O) groups excluding carboxylic acids is 1. The molecule has 0 bridgehead atoms. The van der Waals surface area contributed by atoms with Crippen molar-refractivity contribution in [3.8, 4) is 5.95 Å². The molecule has 0 aromatic carbocycles. The molecule has 0 radical (unpaired) electrons. The molecule has 1 atom stereocenters. The van der Waals surface area contributed by atoms with Crippen molar-refractivity contribution in [2.24, 2.45) is 0 Å². The maximum atomic E-state index is 12.4. The van der Waals surface area contributed by atoms with E-state index in [0.29, 0.717) is 0 Å². The van der Waals surface area contributed by atoms with Gasteiger partial charge in [-0.3, -0.25) is 4.79 Å². The van der Waals surface area contributed by atoms with E-state index in [-0.39, 0.29) is 23.7 Å². The fourth-order valence-electron chi connectivity index (χ4n) is 2.99. The van der Waals surface area contributed by atoms with E-state index < -0.39 is 10.1 Å². The topological polar surface area (TPSA) is 85.6 Å². The number of unbranched alkanes of at least 4 members (excludes halogenated alkanes) is 7. The number of hydrogen-bond acceptors (Lipinski definition) is 5. The second kappa shape index (κ2) is 12.8. The third-order valence-corrected chi connectivity index (χ3v) is 4.90. The van der Waals surface area contributed by atoms with Gasteiger partial charge in [-0.1, -0.05) is 71.6 Å². The van der Waals surface area contributed by atoms with Gasteiger partial charge in [0.15, 0.2) is 5.76 Å². The highest BCUT2D eigenvalue weighted by Crippen LogP contribution is 2.19. The lowest BCUT2D eigenvalue weighted by Crippen LogP contribution is -2.34. The number of hydrogen-bond donors (Lipinski definition) is 1. The van der Waals surface area contributed by atoms with Crippen LogP contribution < -0.4 is 9.50 Å². The molecule has 0 aliphatic carbocycles. The van der Waals surface area contributed by atoms with E-state index in [9.17, 15) is 13.2 Å². The fraction of sp³-hybridized carbons (Fsp3) is 0.750. The van der Waals surface area contributed by atoms with Crippen LogP contribution in [0.1, 0.15) is 95.0 Å². The molecule has 0 saturated heterocycles. The van der Waals surface area contributed by atoms with Crippen LogP contribution in [0.4, 0.5) is 0 Å². The van der Waals surface area contributed by atoms with Gasteiger partial charge in [0.05, 0.1) is 6.26 Å². The lowest BCUT2D eigenvalue weighted by atomic mass is 10.0. The molecule has 0 aliphatic rings. The largest absolute Gasteiger partial charge is 0.420 e. The zero-order chi connectivity index (χ0) is 20.1. The molecule has 156 valence electrons. The smallest absolute Gasteiger partial charge is 0.308 e. The monoisotopic (exact) mass is 401 g/mol. The molecular formula is C20H35NO5S. The molecule has 6 nitrogen and oxygen atoms in total. The van der Waals surface area contributed by atoms with Crippen LogP contribution in [0.3, 0.4) is 0 Å². The van der Waals surface area contributed by atoms with Crippen LogP contribution in [0.2, 0.25) is 0 Å². The molecular weight excluding hydrogens is 366 g/mol. The maximum absolute atomic E-state index is 12.4. The maximum Gasteiger partial charge on any atom is 0.308 e. The second-order valence-electron chi connectivity index (χ2n) is 7.13. The van der Waals surface area contributed by atoms with Crippen LogP contribution in [-0.4, -0.2) is 26.6 Å². The molecule has 1 aromatic heterocycles. The summed E-state index contributed by atoms with van der Waals surface area (Å²) in [7, 11) is -3.68. The summed E-state index contributed by atoms with van der Waals surface area (Å²) in [5.41, 5.74) is 0. The average molecular weight is 402 g/mol. The van der Waals surface area contributed by atoms with E-state index in [1.54, 1.807) is 0 Å². The van der Waals surface area contributed by atoms with Crippen molar-refractivity contribution in [3.05, 3.63) is 17.9 Å². The minimum absolute atomic E-state index is 0.0678. The predicted molar refractivity (Wildman–Crippen MR) is 108 cm³/mol. The van der Waals surface area contributed by atoms with Crippen molar-refractivity contribution >= 4 is 16.0 Å². The van der Waals surface area contributed by atoms with E-state index >= 15 is 0 Å². The van der Waals surface area contributed by atoms with Crippen LogP contribution in [0.15, 0.2) is 16.5 Å². The van der Waals surface area contributed by atoms with Crippen molar-refractivity contribution in [1.29, 1.82) is 0 Å². The van der Waals surface area contributed by atoms with Crippen molar-refractivity contribution in [3.63, 3.8) is 0 Å². The molecule has 0 aliphatic heterocycles. The first-order valence-electron chi connectivity index (χ1n) is 10.2. The third-order valence-electron chi connectivity index (χ3n) is 4.44. The highest BCUT2D eigenvalue weighted by atomic mass is 32.2. The zero-order valence-corrected chi connectivity index (χ0v) is 17.8.